The van der Waals surface area contributed by atoms with Crippen LogP contribution in [0.1, 0.15) is 0 Å². The summed E-state index contributed by atoms with van der Waals surface area (Å²) in [4.78, 5) is 3.52. The first-order valence-corrected chi connectivity index (χ1v) is 8.61. The Bertz CT molecular complexity index is 1330. The molecule has 0 bridgehead atoms. The molecule has 1 aromatic heterocycles. The van der Waals surface area contributed by atoms with Crippen molar-refractivity contribution >= 4 is 44.2 Å². The van der Waals surface area contributed by atoms with E-state index in [4.69, 9.17) is 16.3 Å². The van der Waals surface area contributed by atoms with Crippen molar-refractivity contribution in [3.63, 3.8) is 0 Å². The van der Waals surface area contributed by atoms with E-state index in [9.17, 15) is 0 Å². The predicted molar refractivity (Wildman–Crippen MR) is 104 cm³/mol. The maximum atomic E-state index is 6.23. The number of hydrogen-bond donors (Lipinski definition) is 1. The second-order valence-electron chi connectivity index (χ2n) is 6.44. The number of aromatic amines is 1. The van der Waals surface area contributed by atoms with Crippen LogP contribution in [0, 0.1) is 0 Å². The molecule has 3 heteroatoms. The SMILES string of the molecule is Clc1ccc2c(c1)-c1cccc3c1c(cc1[nH]c4ccccc4c13)O2. The Morgan fingerprint density at radius 3 is 2.52 bits per heavy atom. The molecule has 4 aromatic carbocycles. The second-order valence-corrected chi connectivity index (χ2v) is 6.87. The molecule has 1 aliphatic heterocycles. The fourth-order valence-corrected chi connectivity index (χ4v) is 4.19. The van der Waals surface area contributed by atoms with Crippen LogP contribution in [0.15, 0.2) is 66.7 Å². The second kappa shape index (κ2) is 4.56. The molecule has 2 heterocycles. The predicted octanol–water partition coefficient (Wildman–Crippen LogP) is 6.90. The van der Waals surface area contributed by atoms with Crippen molar-refractivity contribution in [1.29, 1.82) is 0 Å². The largest absolute Gasteiger partial charge is 0.456 e. The standard InChI is InChI=1S/C22H12ClNO/c23-12-8-9-19-16(10-12)13-5-3-6-15-21-14-4-1-2-7-17(14)24-18(21)11-20(25-19)22(13)15/h1-11,24H. The van der Waals surface area contributed by atoms with Crippen LogP contribution in [0.2, 0.25) is 5.02 Å². The fraction of sp³-hybridized carbons (Fsp3) is 0. The zero-order chi connectivity index (χ0) is 16.5. The summed E-state index contributed by atoms with van der Waals surface area (Å²) in [5.41, 5.74) is 4.45. The molecule has 6 rings (SSSR count). The number of hydrogen-bond acceptors (Lipinski definition) is 1. The lowest BCUT2D eigenvalue weighted by Gasteiger charge is -2.21. The number of para-hydroxylation sites is 1. The summed E-state index contributed by atoms with van der Waals surface area (Å²) in [5, 5.41) is 5.54. The number of halogens is 1. The van der Waals surface area contributed by atoms with Crippen molar-refractivity contribution in [1.82, 2.24) is 4.98 Å². The molecule has 118 valence electrons. The van der Waals surface area contributed by atoms with Crippen LogP contribution in [-0.2, 0) is 0 Å². The van der Waals surface area contributed by atoms with E-state index in [-0.39, 0.29) is 0 Å². The van der Waals surface area contributed by atoms with Crippen LogP contribution in [-0.4, -0.2) is 4.98 Å². The number of fused-ring (bicyclic) bond motifs is 6. The van der Waals surface area contributed by atoms with Crippen LogP contribution in [0.25, 0.3) is 43.7 Å². The van der Waals surface area contributed by atoms with Gasteiger partial charge in [0.2, 0.25) is 0 Å². The van der Waals surface area contributed by atoms with Gasteiger partial charge in [-0.3, -0.25) is 0 Å². The van der Waals surface area contributed by atoms with E-state index in [2.05, 4.69) is 53.5 Å². The van der Waals surface area contributed by atoms with E-state index in [1.165, 1.54) is 21.7 Å². The van der Waals surface area contributed by atoms with Crippen LogP contribution >= 0.6 is 11.6 Å². The molecule has 1 aliphatic rings. The van der Waals surface area contributed by atoms with Gasteiger partial charge in [-0.25, -0.2) is 0 Å². The number of nitrogens with one attached hydrogen (secondary N) is 1. The summed E-state index contributed by atoms with van der Waals surface area (Å²) in [6, 6.07) is 22.7. The maximum absolute atomic E-state index is 6.23. The molecule has 0 atom stereocenters. The van der Waals surface area contributed by atoms with Gasteiger partial charge in [0.1, 0.15) is 11.5 Å². The molecule has 1 N–H and O–H groups in total. The van der Waals surface area contributed by atoms with Gasteiger partial charge in [-0.2, -0.15) is 0 Å². The van der Waals surface area contributed by atoms with Crippen molar-refractivity contribution in [2.75, 3.05) is 0 Å². The highest BCUT2D eigenvalue weighted by atomic mass is 35.5. The minimum atomic E-state index is 0.718. The van der Waals surface area contributed by atoms with E-state index < -0.39 is 0 Å². The van der Waals surface area contributed by atoms with Crippen LogP contribution in [0.5, 0.6) is 11.5 Å². The van der Waals surface area contributed by atoms with E-state index in [0.717, 1.165) is 38.5 Å². The van der Waals surface area contributed by atoms with E-state index >= 15 is 0 Å². The van der Waals surface area contributed by atoms with Crippen molar-refractivity contribution in [3.8, 4) is 22.6 Å². The van der Waals surface area contributed by atoms with Crippen LogP contribution in [0.3, 0.4) is 0 Å². The highest BCUT2D eigenvalue weighted by Gasteiger charge is 2.22. The molecule has 5 aromatic rings. The van der Waals surface area contributed by atoms with Gasteiger partial charge in [0.05, 0.1) is 5.52 Å². The van der Waals surface area contributed by atoms with E-state index in [0.29, 0.717) is 0 Å². The third-order valence-corrected chi connectivity index (χ3v) is 5.28. The van der Waals surface area contributed by atoms with Gasteiger partial charge in [-0.05, 0) is 35.2 Å². The quantitative estimate of drug-likeness (QED) is 0.319. The van der Waals surface area contributed by atoms with Gasteiger partial charge in [0.15, 0.2) is 0 Å². The molecular formula is C22H12ClNO. The number of ether oxygens (including phenoxy) is 1. The van der Waals surface area contributed by atoms with Gasteiger partial charge in [0.25, 0.3) is 0 Å². The average Bonchev–Trinajstić information content (AvgIpc) is 3.01. The summed E-state index contributed by atoms with van der Waals surface area (Å²) < 4.78 is 6.23. The lowest BCUT2D eigenvalue weighted by atomic mass is 9.92. The summed E-state index contributed by atoms with van der Waals surface area (Å²) in [6.07, 6.45) is 0. The third kappa shape index (κ3) is 1.70. The molecule has 0 unspecified atom stereocenters. The van der Waals surface area contributed by atoms with Gasteiger partial charge in [0, 0.05) is 38.3 Å². The first-order valence-electron chi connectivity index (χ1n) is 8.23. The number of H-pyrrole nitrogens is 1. The molecule has 0 saturated heterocycles. The van der Waals surface area contributed by atoms with Crippen LogP contribution in [0.4, 0.5) is 0 Å². The Morgan fingerprint density at radius 1 is 0.680 bits per heavy atom. The fourth-order valence-electron chi connectivity index (χ4n) is 4.02. The Balaban J connectivity index is 1.86. The minimum Gasteiger partial charge on any atom is -0.456 e. The third-order valence-electron chi connectivity index (χ3n) is 5.04. The van der Waals surface area contributed by atoms with Gasteiger partial charge < -0.3 is 9.72 Å². The molecule has 0 radical (unpaired) electrons. The normalized spacial score (nSPS) is 12.5. The van der Waals surface area contributed by atoms with Crippen molar-refractivity contribution in [3.05, 3.63) is 71.8 Å². The highest BCUT2D eigenvalue weighted by Crippen LogP contribution is 2.49. The number of benzene rings is 4. The van der Waals surface area contributed by atoms with Gasteiger partial charge in [-0.1, -0.05) is 48.0 Å². The molecular weight excluding hydrogens is 330 g/mol. The summed E-state index contributed by atoms with van der Waals surface area (Å²) >= 11 is 6.23. The van der Waals surface area contributed by atoms with Crippen molar-refractivity contribution in [2.45, 2.75) is 0 Å². The lowest BCUT2D eigenvalue weighted by molar-refractivity contribution is 0.487. The molecule has 2 nitrogen and oxygen atoms in total. The molecule has 0 fully saturated rings. The zero-order valence-electron chi connectivity index (χ0n) is 13.1. The maximum Gasteiger partial charge on any atom is 0.138 e. The monoisotopic (exact) mass is 341 g/mol. The van der Waals surface area contributed by atoms with E-state index in [1.54, 1.807) is 0 Å². The Morgan fingerprint density at radius 2 is 1.56 bits per heavy atom. The number of rotatable bonds is 0. The van der Waals surface area contributed by atoms with Gasteiger partial charge >= 0.3 is 0 Å². The molecule has 0 spiro atoms. The summed E-state index contributed by atoms with van der Waals surface area (Å²) in [6.45, 7) is 0. The lowest BCUT2D eigenvalue weighted by Crippen LogP contribution is -1.97. The topological polar surface area (TPSA) is 25.0 Å². The first-order chi connectivity index (χ1) is 12.3. The van der Waals surface area contributed by atoms with Gasteiger partial charge in [-0.15, -0.1) is 0 Å². The van der Waals surface area contributed by atoms with E-state index in [1.807, 2.05) is 18.2 Å². The van der Waals surface area contributed by atoms with Crippen molar-refractivity contribution in [2.24, 2.45) is 0 Å². The number of aromatic nitrogens is 1. The van der Waals surface area contributed by atoms with Crippen LogP contribution < -0.4 is 4.74 Å². The smallest absolute Gasteiger partial charge is 0.138 e. The molecule has 0 aliphatic carbocycles. The first kappa shape index (κ1) is 13.3. The highest BCUT2D eigenvalue weighted by molar-refractivity contribution is 6.31. The minimum absolute atomic E-state index is 0.718. The zero-order valence-corrected chi connectivity index (χ0v) is 13.9. The average molecular weight is 342 g/mol. The Hall–Kier alpha value is -2.97. The molecule has 25 heavy (non-hydrogen) atoms. The summed E-state index contributed by atoms with van der Waals surface area (Å²) in [7, 11) is 0. The molecule has 0 amide bonds. The van der Waals surface area contributed by atoms with Crippen molar-refractivity contribution < 1.29 is 4.74 Å². The Labute approximate surface area is 148 Å². The Kier molecular flexibility index (Phi) is 2.43. The molecule has 0 saturated carbocycles. The summed E-state index contributed by atoms with van der Waals surface area (Å²) in [5.74, 6) is 1.74.